The van der Waals surface area contributed by atoms with E-state index in [1.54, 1.807) is 0 Å². The lowest BCUT2D eigenvalue weighted by Gasteiger charge is -2.47. The maximum atomic E-state index is 12.5. The number of piperidine rings is 2. The summed E-state index contributed by atoms with van der Waals surface area (Å²) in [4.78, 5) is 26.7. The molecule has 2 heterocycles. The lowest BCUT2D eigenvalue weighted by atomic mass is 9.62. The number of carbonyl (C=O) groups excluding carboxylic acids is 2. The first-order valence-electron chi connectivity index (χ1n) is 7.28. The van der Waals surface area contributed by atoms with Gasteiger partial charge in [0.15, 0.2) is 0 Å². The van der Waals surface area contributed by atoms with Crippen molar-refractivity contribution in [3.05, 3.63) is 34.3 Å². The van der Waals surface area contributed by atoms with Gasteiger partial charge in [-0.15, -0.1) is 0 Å². The molecule has 0 saturated carbocycles. The Morgan fingerprint density at radius 2 is 1.81 bits per heavy atom. The molecule has 2 fully saturated rings. The zero-order valence-electron chi connectivity index (χ0n) is 12.1. The molecular weight excluding hydrogens is 332 g/mol. The van der Waals surface area contributed by atoms with Crippen molar-refractivity contribution < 1.29 is 9.59 Å². The van der Waals surface area contributed by atoms with Crippen LogP contribution in [0.3, 0.4) is 0 Å². The summed E-state index contributed by atoms with van der Waals surface area (Å²) in [7, 11) is 2.09. The van der Waals surface area contributed by atoms with Crippen LogP contribution < -0.4 is 5.32 Å². The molecule has 0 bridgehead atoms. The molecule has 1 atom stereocenters. The first-order valence-corrected chi connectivity index (χ1v) is 8.07. The molecule has 0 radical (unpaired) electrons. The Kier molecular flexibility index (Phi) is 3.88. The highest BCUT2D eigenvalue weighted by molar-refractivity contribution is 9.10. The van der Waals surface area contributed by atoms with Gasteiger partial charge in [-0.3, -0.25) is 14.9 Å². The van der Waals surface area contributed by atoms with Gasteiger partial charge < -0.3 is 4.90 Å². The third-order valence-corrected chi connectivity index (χ3v) is 5.36. The van der Waals surface area contributed by atoms with Crippen molar-refractivity contribution in [1.82, 2.24) is 10.2 Å². The quantitative estimate of drug-likeness (QED) is 0.790. The van der Waals surface area contributed by atoms with Crippen LogP contribution in [0, 0.1) is 5.41 Å². The molecule has 1 spiro atoms. The van der Waals surface area contributed by atoms with Crippen LogP contribution in [0.4, 0.5) is 0 Å². The maximum absolute atomic E-state index is 12.5. The normalized spacial score (nSPS) is 25.9. The number of benzene rings is 1. The average Bonchev–Trinajstić information content (AvgIpc) is 2.44. The molecule has 2 saturated heterocycles. The fourth-order valence-electron chi connectivity index (χ4n) is 3.64. The van der Waals surface area contributed by atoms with Crippen molar-refractivity contribution in [3.8, 4) is 0 Å². The predicted octanol–water partition coefficient (Wildman–Crippen LogP) is 2.29. The summed E-state index contributed by atoms with van der Waals surface area (Å²) in [6.07, 6.45) is 2.24. The van der Waals surface area contributed by atoms with Crippen LogP contribution in [0.25, 0.3) is 0 Å². The number of rotatable bonds is 1. The van der Waals surface area contributed by atoms with Crippen LogP contribution in [0.1, 0.15) is 30.7 Å². The lowest BCUT2D eigenvalue weighted by molar-refractivity contribution is -0.141. The number of nitrogens with one attached hydrogen (secondary N) is 1. The Hall–Kier alpha value is -1.20. The van der Waals surface area contributed by atoms with Crippen LogP contribution in [0.15, 0.2) is 28.7 Å². The van der Waals surface area contributed by atoms with E-state index in [2.05, 4.69) is 33.2 Å². The van der Waals surface area contributed by atoms with Crippen LogP contribution in [-0.4, -0.2) is 36.9 Å². The third-order valence-electron chi connectivity index (χ3n) is 4.84. The zero-order chi connectivity index (χ0) is 15.0. The number of amides is 2. The number of carbonyl (C=O) groups is 2. The molecule has 5 heteroatoms. The van der Waals surface area contributed by atoms with Gasteiger partial charge in [0.25, 0.3) is 0 Å². The number of nitrogens with zero attached hydrogens (tertiary/aromatic N) is 1. The van der Waals surface area contributed by atoms with Crippen molar-refractivity contribution in [2.75, 3.05) is 20.1 Å². The molecule has 2 aliphatic heterocycles. The average molecular weight is 351 g/mol. The van der Waals surface area contributed by atoms with E-state index >= 15 is 0 Å². The van der Waals surface area contributed by atoms with E-state index in [1.807, 2.05) is 24.3 Å². The highest BCUT2D eigenvalue weighted by atomic mass is 79.9. The smallest absolute Gasteiger partial charge is 0.234 e. The van der Waals surface area contributed by atoms with Crippen LogP contribution in [0.2, 0.25) is 0 Å². The summed E-state index contributed by atoms with van der Waals surface area (Å²) in [5.41, 5.74) is 0.785. The summed E-state index contributed by atoms with van der Waals surface area (Å²) >= 11 is 3.43. The van der Waals surface area contributed by atoms with E-state index in [0.717, 1.165) is 36.0 Å². The molecule has 1 unspecified atom stereocenters. The fourth-order valence-corrected chi connectivity index (χ4v) is 3.91. The molecule has 21 heavy (non-hydrogen) atoms. The molecule has 1 aromatic carbocycles. The van der Waals surface area contributed by atoms with Gasteiger partial charge in [-0.25, -0.2) is 0 Å². The van der Waals surface area contributed by atoms with Gasteiger partial charge in [-0.1, -0.05) is 28.1 Å². The zero-order valence-corrected chi connectivity index (χ0v) is 13.6. The van der Waals surface area contributed by atoms with E-state index in [0.29, 0.717) is 6.42 Å². The standard InChI is InChI=1S/C16H19BrN2O2/c1-19-8-6-16(7-9-19)10-13(20)18-15(21)14(16)11-2-4-12(17)5-3-11/h2-5,14H,6-10H2,1H3,(H,18,20,21). The Labute approximate surface area is 133 Å². The molecule has 1 aromatic rings. The van der Waals surface area contributed by atoms with Gasteiger partial charge in [-0.05, 0) is 56.1 Å². The highest BCUT2D eigenvalue weighted by Gasteiger charge is 2.49. The van der Waals surface area contributed by atoms with E-state index < -0.39 is 0 Å². The Morgan fingerprint density at radius 3 is 2.43 bits per heavy atom. The molecule has 1 N–H and O–H groups in total. The van der Waals surface area contributed by atoms with E-state index in [-0.39, 0.29) is 23.1 Å². The maximum Gasteiger partial charge on any atom is 0.234 e. The van der Waals surface area contributed by atoms with Gasteiger partial charge in [0.05, 0.1) is 5.92 Å². The van der Waals surface area contributed by atoms with Gasteiger partial charge in [0.1, 0.15) is 0 Å². The lowest BCUT2D eigenvalue weighted by Crippen LogP contribution is -2.54. The van der Waals surface area contributed by atoms with Gasteiger partial charge in [0.2, 0.25) is 11.8 Å². The summed E-state index contributed by atoms with van der Waals surface area (Å²) in [6.45, 7) is 1.88. The van der Waals surface area contributed by atoms with Crippen molar-refractivity contribution in [1.29, 1.82) is 0 Å². The molecule has 0 aromatic heterocycles. The number of hydrogen-bond donors (Lipinski definition) is 1. The monoisotopic (exact) mass is 350 g/mol. The second-order valence-electron chi connectivity index (χ2n) is 6.24. The predicted molar refractivity (Wildman–Crippen MR) is 83.8 cm³/mol. The second-order valence-corrected chi connectivity index (χ2v) is 7.16. The summed E-state index contributed by atoms with van der Waals surface area (Å²) < 4.78 is 0.996. The van der Waals surface area contributed by atoms with Crippen molar-refractivity contribution in [2.45, 2.75) is 25.2 Å². The number of halogens is 1. The molecule has 0 aliphatic carbocycles. The largest absolute Gasteiger partial charge is 0.306 e. The van der Waals surface area contributed by atoms with Gasteiger partial charge >= 0.3 is 0 Å². The van der Waals surface area contributed by atoms with Crippen molar-refractivity contribution in [3.63, 3.8) is 0 Å². The Balaban J connectivity index is 1.99. The van der Waals surface area contributed by atoms with Crippen molar-refractivity contribution in [2.24, 2.45) is 5.41 Å². The minimum absolute atomic E-state index is 0.127. The van der Waals surface area contributed by atoms with E-state index in [9.17, 15) is 9.59 Å². The molecule has 3 rings (SSSR count). The molecule has 112 valence electrons. The van der Waals surface area contributed by atoms with E-state index in [4.69, 9.17) is 0 Å². The van der Waals surface area contributed by atoms with Crippen molar-refractivity contribution >= 4 is 27.7 Å². The van der Waals surface area contributed by atoms with Crippen LogP contribution >= 0.6 is 15.9 Å². The summed E-state index contributed by atoms with van der Waals surface area (Å²) in [5.74, 6) is -0.493. The number of likely N-dealkylation sites (tertiary alicyclic amines) is 1. The Bertz CT molecular complexity index is 562. The van der Waals surface area contributed by atoms with Gasteiger partial charge in [0, 0.05) is 10.9 Å². The topological polar surface area (TPSA) is 49.4 Å². The van der Waals surface area contributed by atoms with Crippen LogP contribution in [-0.2, 0) is 9.59 Å². The molecule has 4 nitrogen and oxygen atoms in total. The molecular formula is C16H19BrN2O2. The third kappa shape index (κ3) is 2.77. The number of hydrogen-bond acceptors (Lipinski definition) is 3. The molecule has 2 amide bonds. The second kappa shape index (κ2) is 5.54. The number of imide groups is 1. The highest BCUT2D eigenvalue weighted by Crippen LogP contribution is 2.49. The molecule has 2 aliphatic rings. The minimum atomic E-state index is -0.225. The van der Waals surface area contributed by atoms with Crippen LogP contribution in [0.5, 0.6) is 0 Å². The van der Waals surface area contributed by atoms with E-state index in [1.165, 1.54) is 0 Å². The summed E-state index contributed by atoms with van der Waals surface area (Å²) in [6, 6.07) is 7.90. The van der Waals surface area contributed by atoms with Gasteiger partial charge in [-0.2, -0.15) is 0 Å². The SMILES string of the molecule is CN1CCC2(CC1)CC(=O)NC(=O)C2c1ccc(Br)cc1. The Morgan fingerprint density at radius 1 is 1.19 bits per heavy atom. The summed E-state index contributed by atoms with van der Waals surface area (Å²) in [5, 5.41) is 2.52. The first-order chi connectivity index (χ1) is 10.00. The first kappa shape index (κ1) is 14.7. The fraction of sp³-hybridized carbons (Fsp3) is 0.500. The minimum Gasteiger partial charge on any atom is -0.306 e.